The lowest BCUT2D eigenvalue weighted by atomic mass is 10.0. The van der Waals surface area contributed by atoms with E-state index in [0.29, 0.717) is 6.61 Å². The zero-order valence-electron chi connectivity index (χ0n) is 16.6. The van der Waals surface area contributed by atoms with Crippen LogP contribution in [0.1, 0.15) is 16.7 Å². The molecule has 0 atom stereocenters. The molecule has 0 heterocycles. The number of aryl methyl sites for hydroxylation is 2. The van der Waals surface area contributed by atoms with Crippen molar-refractivity contribution in [1.82, 2.24) is 0 Å². The van der Waals surface area contributed by atoms with Crippen LogP contribution in [0.4, 0.5) is 0 Å². The molecule has 0 radical (unpaired) electrons. The fourth-order valence-electron chi connectivity index (χ4n) is 3.07. The Morgan fingerprint density at radius 3 is 2.00 bits per heavy atom. The van der Waals surface area contributed by atoms with Crippen LogP contribution in [0.25, 0.3) is 0 Å². The van der Waals surface area contributed by atoms with Crippen LogP contribution in [0.2, 0.25) is 0 Å². The van der Waals surface area contributed by atoms with Crippen LogP contribution in [-0.4, -0.2) is 21.3 Å². The Labute approximate surface area is 166 Å². The van der Waals surface area contributed by atoms with Crippen molar-refractivity contribution in [3.8, 4) is 23.0 Å². The lowest BCUT2D eigenvalue weighted by molar-refractivity contribution is 0.300. The quantitative estimate of drug-likeness (QED) is 0.520. The summed E-state index contributed by atoms with van der Waals surface area (Å²) in [6.07, 6.45) is 1.81. The minimum Gasteiger partial charge on any atom is -0.497 e. The molecule has 3 aromatic rings. The molecule has 0 aliphatic carbocycles. The van der Waals surface area contributed by atoms with E-state index in [1.807, 2.05) is 48.5 Å². The molecule has 146 valence electrons. The summed E-state index contributed by atoms with van der Waals surface area (Å²) < 4.78 is 22.1. The molecule has 0 aliphatic heterocycles. The fraction of sp³-hybridized carbons (Fsp3) is 0.250. The van der Waals surface area contributed by atoms with E-state index < -0.39 is 0 Å². The van der Waals surface area contributed by atoms with Crippen LogP contribution in [0.15, 0.2) is 66.7 Å². The van der Waals surface area contributed by atoms with E-state index in [-0.39, 0.29) is 0 Å². The number of methoxy groups -OCH3 is 3. The summed E-state index contributed by atoms with van der Waals surface area (Å²) >= 11 is 0. The van der Waals surface area contributed by atoms with E-state index in [0.717, 1.165) is 41.4 Å². The SMILES string of the molecule is COc1cccc(CCc2ccccc2OCc2cc(OC)cc(OC)c2)c1. The van der Waals surface area contributed by atoms with Crippen molar-refractivity contribution in [2.45, 2.75) is 19.4 Å². The standard InChI is InChI=1S/C24H26O4/c1-25-21-9-6-7-18(13-21)11-12-20-8-4-5-10-24(20)28-17-19-14-22(26-2)16-23(15-19)27-3/h4-10,13-16H,11-12,17H2,1-3H3. The first-order valence-corrected chi connectivity index (χ1v) is 9.27. The van der Waals surface area contributed by atoms with E-state index in [9.17, 15) is 0 Å². The normalized spacial score (nSPS) is 10.4. The molecule has 0 spiro atoms. The average Bonchev–Trinajstić information content (AvgIpc) is 2.76. The summed E-state index contributed by atoms with van der Waals surface area (Å²) in [6.45, 7) is 0.448. The highest BCUT2D eigenvalue weighted by atomic mass is 16.5. The molecule has 0 saturated heterocycles. The minimum absolute atomic E-state index is 0.448. The van der Waals surface area contributed by atoms with Crippen molar-refractivity contribution in [1.29, 1.82) is 0 Å². The Balaban J connectivity index is 1.68. The van der Waals surface area contributed by atoms with Gasteiger partial charge >= 0.3 is 0 Å². The Kier molecular flexibility index (Phi) is 6.79. The number of para-hydroxylation sites is 1. The van der Waals surface area contributed by atoms with Gasteiger partial charge in [-0.3, -0.25) is 0 Å². The number of ether oxygens (including phenoxy) is 4. The summed E-state index contributed by atoms with van der Waals surface area (Å²) in [4.78, 5) is 0. The number of rotatable bonds is 9. The van der Waals surface area contributed by atoms with Gasteiger partial charge in [0.15, 0.2) is 0 Å². The molecule has 0 aliphatic rings. The van der Waals surface area contributed by atoms with Gasteiger partial charge in [-0.2, -0.15) is 0 Å². The number of benzene rings is 3. The maximum absolute atomic E-state index is 6.12. The Hall–Kier alpha value is -3.14. The van der Waals surface area contributed by atoms with Gasteiger partial charge < -0.3 is 18.9 Å². The maximum atomic E-state index is 6.12. The monoisotopic (exact) mass is 378 g/mol. The van der Waals surface area contributed by atoms with Crippen LogP contribution in [0.3, 0.4) is 0 Å². The van der Waals surface area contributed by atoms with E-state index in [1.165, 1.54) is 11.1 Å². The van der Waals surface area contributed by atoms with Gasteiger partial charge in [-0.05, 0) is 59.9 Å². The summed E-state index contributed by atoms with van der Waals surface area (Å²) in [5.41, 5.74) is 3.42. The van der Waals surface area contributed by atoms with E-state index >= 15 is 0 Å². The van der Waals surface area contributed by atoms with Gasteiger partial charge in [0.25, 0.3) is 0 Å². The Morgan fingerprint density at radius 2 is 1.29 bits per heavy atom. The highest BCUT2D eigenvalue weighted by Crippen LogP contribution is 2.26. The molecule has 0 saturated carbocycles. The van der Waals surface area contributed by atoms with Gasteiger partial charge in [-0.15, -0.1) is 0 Å². The molecule has 3 aromatic carbocycles. The topological polar surface area (TPSA) is 36.9 Å². The first-order chi connectivity index (χ1) is 13.7. The van der Waals surface area contributed by atoms with Crippen LogP contribution in [-0.2, 0) is 19.4 Å². The van der Waals surface area contributed by atoms with Crippen LogP contribution in [0.5, 0.6) is 23.0 Å². The van der Waals surface area contributed by atoms with Crippen LogP contribution >= 0.6 is 0 Å². The maximum Gasteiger partial charge on any atom is 0.123 e. The molecular weight excluding hydrogens is 352 g/mol. The van der Waals surface area contributed by atoms with Gasteiger partial charge in [-0.25, -0.2) is 0 Å². The van der Waals surface area contributed by atoms with Crippen LogP contribution < -0.4 is 18.9 Å². The predicted molar refractivity (Wildman–Crippen MR) is 111 cm³/mol. The van der Waals surface area contributed by atoms with E-state index in [4.69, 9.17) is 18.9 Å². The van der Waals surface area contributed by atoms with Crippen molar-refractivity contribution >= 4 is 0 Å². The Bertz CT molecular complexity index is 882. The highest BCUT2D eigenvalue weighted by molar-refractivity contribution is 5.39. The van der Waals surface area contributed by atoms with Gasteiger partial charge in [0, 0.05) is 6.07 Å². The highest BCUT2D eigenvalue weighted by Gasteiger charge is 2.07. The molecule has 4 nitrogen and oxygen atoms in total. The third-order valence-corrected chi connectivity index (χ3v) is 4.60. The summed E-state index contributed by atoms with van der Waals surface area (Å²) in [5.74, 6) is 3.29. The van der Waals surface area contributed by atoms with Crippen molar-refractivity contribution in [3.05, 3.63) is 83.4 Å². The van der Waals surface area contributed by atoms with Crippen molar-refractivity contribution in [2.75, 3.05) is 21.3 Å². The fourth-order valence-corrected chi connectivity index (χ4v) is 3.07. The first-order valence-electron chi connectivity index (χ1n) is 9.27. The largest absolute Gasteiger partial charge is 0.497 e. The lowest BCUT2D eigenvalue weighted by Crippen LogP contribution is -2.01. The van der Waals surface area contributed by atoms with Crippen molar-refractivity contribution < 1.29 is 18.9 Å². The number of hydrogen-bond donors (Lipinski definition) is 0. The van der Waals surface area contributed by atoms with Gasteiger partial charge in [0.1, 0.15) is 29.6 Å². The summed E-state index contributed by atoms with van der Waals surface area (Å²) in [7, 11) is 4.98. The third kappa shape index (κ3) is 5.19. The van der Waals surface area contributed by atoms with E-state index in [1.54, 1.807) is 21.3 Å². The molecule has 4 heteroatoms. The second-order valence-electron chi connectivity index (χ2n) is 6.47. The molecule has 0 unspecified atom stereocenters. The zero-order valence-corrected chi connectivity index (χ0v) is 16.6. The second kappa shape index (κ2) is 9.70. The van der Waals surface area contributed by atoms with Crippen molar-refractivity contribution in [3.63, 3.8) is 0 Å². The predicted octanol–water partition coefficient (Wildman–Crippen LogP) is 5.08. The Morgan fingerprint density at radius 1 is 0.607 bits per heavy atom. The smallest absolute Gasteiger partial charge is 0.123 e. The third-order valence-electron chi connectivity index (χ3n) is 4.60. The molecule has 0 aromatic heterocycles. The van der Waals surface area contributed by atoms with Gasteiger partial charge in [0.2, 0.25) is 0 Å². The molecule has 0 fully saturated rings. The molecule has 3 rings (SSSR count). The second-order valence-corrected chi connectivity index (χ2v) is 6.47. The molecule has 0 amide bonds. The first kappa shape index (κ1) is 19.6. The molecule has 28 heavy (non-hydrogen) atoms. The van der Waals surface area contributed by atoms with Crippen LogP contribution in [0, 0.1) is 0 Å². The van der Waals surface area contributed by atoms with Gasteiger partial charge in [0.05, 0.1) is 21.3 Å². The molecular formula is C24H26O4. The average molecular weight is 378 g/mol. The zero-order chi connectivity index (χ0) is 19.8. The summed E-state index contributed by atoms with van der Waals surface area (Å²) in [5, 5.41) is 0. The van der Waals surface area contributed by atoms with Crippen molar-refractivity contribution in [2.24, 2.45) is 0 Å². The molecule has 0 bridgehead atoms. The lowest BCUT2D eigenvalue weighted by Gasteiger charge is -2.13. The minimum atomic E-state index is 0.448. The molecule has 0 N–H and O–H groups in total. The summed E-state index contributed by atoms with van der Waals surface area (Å²) in [6, 6.07) is 22.1. The van der Waals surface area contributed by atoms with Gasteiger partial charge in [-0.1, -0.05) is 30.3 Å². The number of hydrogen-bond acceptors (Lipinski definition) is 4. The van der Waals surface area contributed by atoms with E-state index in [2.05, 4.69) is 18.2 Å².